The summed E-state index contributed by atoms with van der Waals surface area (Å²) in [5.41, 5.74) is 0. The van der Waals surface area contributed by atoms with Crippen LogP contribution in [0, 0.1) is 6.92 Å². The minimum atomic E-state index is -0.0138. The van der Waals surface area contributed by atoms with Gasteiger partial charge < -0.3 is 9.84 Å². The minimum absolute atomic E-state index is 0.0138. The topological polar surface area (TPSA) is 58.4 Å². The van der Waals surface area contributed by atoms with Crippen molar-refractivity contribution in [3.8, 4) is 0 Å². The van der Waals surface area contributed by atoms with E-state index in [4.69, 9.17) is 4.52 Å². The molecular weight excluding hydrogens is 286 g/mol. The lowest BCUT2D eigenvalue weighted by Crippen LogP contribution is -2.27. The molecule has 0 bridgehead atoms. The van der Waals surface area contributed by atoms with Crippen LogP contribution in [0.3, 0.4) is 0 Å². The zero-order chi connectivity index (χ0) is 14.7. The van der Waals surface area contributed by atoms with Gasteiger partial charge in [0.25, 0.3) is 0 Å². The number of thiophene rings is 1. The van der Waals surface area contributed by atoms with E-state index in [1.807, 2.05) is 0 Å². The highest BCUT2D eigenvalue weighted by Gasteiger charge is 2.26. The Balaban J connectivity index is 1.51. The number of hydrogen-bond donors (Lipinski definition) is 1. The van der Waals surface area contributed by atoms with Gasteiger partial charge in [0.2, 0.25) is 5.91 Å². The summed E-state index contributed by atoms with van der Waals surface area (Å²) in [5, 5.41) is 8.66. The molecule has 1 saturated heterocycles. The second kappa shape index (κ2) is 6.41. The summed E-state index contributed by atoms with van der Waals surface area (Å²) in [4.78, 5) is 15.8. The molecule has 1 aliphatic heterocycles. The fourth-order valence-electron chi connectivity index (χ4n) is 2.77. The summed E-state index contributed by atoms with van der Waals surface area (Å²) >= 11 is 1.80. The summed E-state index contributed by atoms with van der Waals surface area (Å²) in [5.74, 6) is 1.18. The standard InChI is InChI=1S/C15H19N3O2S/c1-11-10-14(17-20-11)16-15(19)6-8-18-7-2-4-12(18)13-5-3-9-21-13/h3,5,9-10,12H,2,4,6-8H2,1H3,(H,16,17,19)/t12-/m0/s1. The van der Waals surface area contributed by atoms with Crippen LogP contribution in [-0.2, 0) is 4.79 Å². The van der Waals surface area contributed by atoms with Gasteiger partial charge in [0.15, 0.2) is 5.82 Å². The van der Waals surface area contributed by atoms with E-state index in [1.54, 1.807) is 24.3 Å². The van der Waals surface area contributed by atoms with E-state index in [0.717, 1.165) is 13.1 Å². The van der Waals surface area contributed by atoms with E-state index in [9.17, 15) is 4.79 Å². The number of amides is 1. The quantitative estimate of drug-likeness (QED) is 0.921. The van der Waals surface area contributed by atoms with Gasteiger partial charge in [-0.1, -0.05) is 11.2 Å². The first-order chi connectivity index (χ1) is 10.2. The number of nitrogens with one attached hydrogen (secondary N) is 1. The van der Waals surface area contributed by atoms with Gasteiger partial charge >= 0.3 is 0 Å². The molecule has 0 radical (unpaired) electrons. The number of carbonyl (C=O) groups excluding carboxylic acids is 1. The van der Waals surface area contributed by atoms with E-state index in [1.165, 1.54) is 17.7 Å². The van der Waals surface area contributed by atoms with E-state index in [2.05, 4.69) is 32.9 Å². The fourth-order valence-corrected chi connectivity index (χ4v) is 3.67. The van der Waals surface area contributed by atoms with E-state index in [-0.39, 0.29) is 5.91 Å². The molecule has 3 rings (SSSR count). The number of aryl methyl sites for hydroxylation is 1. The fraction of sp³-hybridized carbons (Fsp3) is 0.467. The third-order valence-electron chi connectivity index (χ3n) is 3.76. The lowest BCUT2D eigenvalue weighted by Gasteiger charge is -2.23. The monoisotopic (exact) mass is 305 g/mol. The third kappa shape index (κ3) is 3.51. The molecule has 3 heterocycles. The van der Waals surface area contributed by atoms with Crippen molar-refractivity contribution in [1.29, 1.82) is 0 Å². The zero-order valence-corrected chi connectivity index (χ0v) is 12.9. The van der Waals surface area contributed by atoms with Crippen LogP contribution in [0.2, 0.25) is 0 Å². The van der Waals surface area contributed by atoms with Gasteiger partial charge in [0.1, 0.15) is 5.76 Å². The normalized spacial score (nSPS) is 19.0. The highest BCUT2D eigenvalue weighted by atomic mass is 32.1. The Hall–Kier alpha value is -1.66. The Bertz CT molecular complexity index is 594. The number of likely N-dealkylation sites (tertiary alicyclic amines) is 1. The molecule has 21 heavy (non-hydrogen) atoms. The second-order valence-electron chi connectivity index (χ2n) is 5.33. The van der Waals surface area contributed by atoms with Crippen LogP contribution in [0.1, 0.15) is 35.9 Å². The summed E-state index contributed by atoms with van der Waals surface area (Å²) in [6.07, 6.45) is 2.87. The first-order valence-corrected chi connectivity index (χ1v) is 8.11. The van der Waals surface area contributed by atoms with Crippen molar-refractivity contribution in [2.75, 3.05) is 18.4 Å². The molecule has 0 saturated carbocycles. The van der Waals surface area contributed by atoms with Crippen LogP contribution in [0.25, 0.3) is 0 Å². The smallest absolute Gasteiger partial charge is 0.226 e. The van der Waals surface area contributed by atoms with Crippen LogP contribution >= 0.6 is 11.3 Å². The Kier molecular flexibility index (Phi) is 4.36. The molecule has 2 aromatic rings. The molecule has 0 aliphatic carbocycles. The first kappa shape index (κ1) is 14.3. The molecule has 1 aliphatic rings. The van der Waals surface area contributed by atoms with Crippen molar-refractivity contribution in [2.24, 2.45) is 0 Å². The van der Waals surface area contributed by atoms with Crippen LogP contribution in [0.5, 0.6) is 0 Å². The molecule has 2 aromatic heterocycles. The highest BCUT2D eigenvalue weighted by Crippen LogP contribution is 2.34. The number of aromatic nitrogens is 1. The van der Waals surface area contributed by atoms with E-state index in [0.29, 0.717) is 24.0 Å². The van der Waals surface area contributed by atoms with Crippen LogP contribution in [0.4, 0.5) is 5.82 Å². The van der Waals surface area contributed by atoms with Gasteiger partial charge in [-0.15, -0.1) is 11.3 Å². The molecule has 112 valence electrons. The number of anilines is 1. The highest BCUT2D eigenvalue weighted by molar-refractivity contribution is 7.10. The predicted molar refractivity (Wildman–Crippen MR) is 82.4 cm³/mol. The van der Waals surface area contributed by atoms with Crippen LogP contribution < -0.4 is 5.32 Å². The van der Waals surface area contributed by atoms with Gasteiger partial charge in [-0.2, -0.15) is 0 Å². The SMILES string of the molecule is Cc1cc(NC(=O)CCN2CCC[C@H]2c2cccs2)no1. The van der Waals surface area contributed by atoms with Gasteiger partial charge in [0.05, 0.1) is 0 Å². The molecular formula is C15H19N3O2S. The molecule has 1 N–H and O–H groups in total. The molecule has 0 unspecified atom stereocenters. The Labute approximate surface area is 127 Å². The van der Waals surface area contributed by atoms with Gasteiger partial charge in [0, 0.05) is 30.0 Å². The van der Waals surface area contributed by atoms with Crippen molar-refractivity contribution >= 4 is 23.1 Å². The van der Waals surface area contributed by atoms with Gasteiger partial charge in [-0.25, -0.2) is 0 Å². The van der Waals surface area contributed by atoms with Crippen molar-refractivity contribution in [2.45, 2.75) is 32.2 Å². The Morgan fingerprint density at radius 3 is 3.24 bits per heavy atom. The molecule has 5 nitrogen and oxygen atoms in total. The van der Waals surface area contributed by atoms with Crippen molar-refractivity contribution in [3.63, 3.8) is 0 Å². The third-order valence-corrected chi connectivity index (χ3v) is 4.73. The predicted octanol–water partition coefficient (Wildman–Crippen LogP) is 3.21. The van der Waals surface area contributed by atoms with Gasteiger partial charge in [-0.05, 0) is 37.8 Å². The van der Waals surface area contributed by atoms with Crippen LogP contribution in [0.15, 0.2) is 28.1 Å². The number of rotatable bonds is 5. The van der Waals surface area contributed by atoms with Crippen molar-refractivity contribution in [1.82, 2.24) is 10.1 Å². The average molecular weight is 305 g/mol. The van der Waals surface area contributed by atoms with E-state index >= 15 is 0 Å². The van der Waals surface area contributed by atoms with Crippen molar-refractivity contribution < 1.29 is 9.32 Å². The Morgan fingerprint density at radius 1 is 1.62 bits per heavy atom. The van der Waals surface area contributed by atoms with Crippen LogP contribution in [-0.4, -0.2) is 29.1 Å². The molecule has 0 spiro atoms. The molecule has 1 atom stereocenters. The Morgan fingerprint density at radius 2 is 2.52 bits per heavy atom. The minimum Gasteiger partial charge on any atom is -0.360 e. The summed E-state index contributed by atoms with van der Waals surface area (Å²) in [6.45, 7) is 3.66. The average Bonchev–Trinajstić information content (AvgIpc) is 3.16. The summed E-state index contributed by atoms with van der Waals surface area (Å²) < 4.78 is 4.94. The lowest BCUT2D eigenvalue weighted by molar-refractivity contribution is -0.116. The molecule has 6 heteroatoms. The maximum Gasteiger partial charge on any atom is 0.226 e. The summed E-state index contributed by atoms with van der Waals surface area (Å²) in [7, 11) is 0. The van der Waals surface area contributed by atoms with Gasteiger partial charge in [-0.3, -0.25) is 9.69 Å². The molecule has 0 aromatic carbocycles. The maximum atomic E-state index is 12.0. The maximum absolute atomic E-state index is 12.0. The zero-order valence-electron chi connectivity index (χ0n) is 12.0. The number of hydrogen-bond acceptors (Lipinski definition) is 5. The van der Waals surface area contributed by atoms with E-state index < -0.39 is 0 Å². The number of nitrogens with zero attached hydrogens (tertiary/aromatic N) is 2. The molecule has 1 amide bonds. The lowest BCUT2D eigenvalue weighted by atomic mass is 10.2. The number of carbonyl (C=O) groups is 1. The summed E-state index contributed by atoms with van der Waals surface area (Å²) in [6, 6.07) is 6.48. The second-order valence-corrected chi connectivity index (χ2v) is 6.31. The largest absolute Gasteiger partial charge is 0.360 e. The molecule has 1 fully saturated rings. The first-order valence-electron chi connectivity index (χ1n) is 7.23. The van der Waals surface area contributed by atoms with Crippen molar-refractivity contribution in [3.05, 3.63) is 34.2 Å².